The molecular formula is C13H22N2O2. The highest BCUT2D eigenvalue weighted by molar-refractivity contribution is 5.24. The molecular weight excluding hydrogens is 216 g/mol. The summed E-state index contributed by atoms with van der Waals surface area (Å²) in [7, 11) is 3.72. The molecule has 0 bridgehead atoms. The molecule has 4 heteroatoms. The lowest BCUT2D eigenvalue weighted by Gasteiger charge is -2.18. The molecule has 0 aromatic heterocycles. The van der Waals surface area contributed by atoms with Crippen molar-refractivity contribution in [2.75, 3.05) is 20.6 Å². The van der Waals surface area contributed by atoms with Crippen molar-refractivity contribution in [3.05, 3.63) is 35.4 Å². The van der Waals surface area contributed by atoms with Crippen molar-refractivity contribution in [3.63, 3.8) is 0 Å². The van der Waals surface area contributed by atoms with Crippen LogP contribution in [0.4, 0.5) is 0 Å². The molecule has 0 radical (unpaired) electrons. The van der Waals surface area contributed by atoms with Crippen molar-refractivity contribution in [1.82, 2.24) is 10.6 Å². The van der Waals surface area contributed by atoms with E-state index in [1.54, 1.807) is 0 Å². The first-order chi connectivity index (χ1) is 8.19. The van der Waals surface area contributed by atoms with Crippen LogP contribution in [0.3, 0.4) is 0 Å². The molecule has 2 atom stereocenters. The number of aliphatic hydroxyl groups is 2. The second-order valence-corrected chi connectivity index (χ2v) is 4.18. The summed E-state index contributed by atoms with van der Waals surface area (Å²) in [6.45, 7) is 1.49. The molecule has 2 unspecified atom stereocenters. The Morgan fingerprint density at radius 1 is 1.06 bits per heavy atom. The Morgan fingerprint density at radius 3 is 2.24 bits per heavy atom. The lowest BCUT2D eigenvalue weighted by Crippen LogP contribution is -2.23. The van der Waals surface area contributed by atoms with Crippen LogP contribution in [0.2, 0.25) is 0 Å². The Kier molecular flexibility index (Phi) is 6.15. The van der Waals surface area contributed by atoms with Crippen LogP contribution in [0.25, 0.3) is 0 Å². The molecule has 0 heterocycles. The topological polar surface area (TPSA) is 64.5 Å². The van der Waals surface area contributed by atoms with Gasteiger partial charge in [-0.3, -0.25) is 0 Å². The summed E-state index contributed by atoms with van der Waals surface area (Å²) in [5.74, 6) is 0. The summed E-state index contributed by atoms with van der Waals surface area (Å²) in [6, 6.07) is 7.64. The fourth-order valence-electron chi connectivity index (χ4n) is 1.71. The van der Waals surface area contributed by atoms with Gasteiger partial charge in [0.15, 0.2) is 0 Å². The Hall–Kier alpha value is -0.940. The van der Waals surface area contributed by atoms with E-state index in [1.807, 2.05) is 38.4 Å². The molecule has 4 nitrogen and oxygen atoms in total. The zero-order valence-electron chi connectivity index (χ0n) is 10.5. The van der Waals surface area contributed by atoms with Crippen LogP contribution in [0.5, 0.6) is 0 Å². The number of nitrogens with one attached hydrogen (secondary N) is 2. The maximum atomic E-state index is 9.94. The zero-order valence-corrected chi connectivity index (χ0v) is 10.5. The lowest BCUT2D eigenvalue weighted by atomic mass is 10.0. The molecule has 4 N–H and O–H groups in total. The van der Waals surface area contributed by atoms with Gasteiger partial charge in [-0.1, -0.05) is 24.3 Å². The molecule has 1 aromatic rings. The molecule has 0 aliphatic heterocycles. The minimum Gasteiger partial charge on any atom is -0.390 e. The first kappa shape index (κ1) is 14.1. The van der Waals surface area contributed by atoms with Gasteiger partial charge in [-0.25, -0.2) is 0 Å². The summed E-state index contributed by atoms with van der Waals surface area (Å²) in [4.78, 5) is 0. The van der Waals surface area contributed by atoms with E-state index in [1.165, 1.54) is 0 Å². The van der Waals surface area contributed by atoms with Crippen molar-refractivity contribution in [1.29, 1.82) is 0 Å². The van der Waals surface area contributed by atoms with Gasteiger partial charge in [0.1, 0.15) is 6.10 Å². The maximum Gasteiger partial charge on any atom is 0.105 e. The zero-order chi connectivity index (χ0) is 12.7. The summed E-state index contributed by atoms with van der Waals surface area (Å²) in [5.41, 5.74) is 1.92. The molecule has 0 amide bonds. The van der Waals surface area contributed by atoms with Gasteiger partial charge in [0, 0.05) is 6.54 Å². The van der Waals surface area contributed by atoms with E-state index >= 15 is 0 Å². The van der Waals surface area contributed by atoms with Crippen LogP contribution < -0.4 is 10.6 Å². The largest absolute Gasteiger partial charge is 0.390 e. The van der Waals surface area contributed by atoms with Gasteiger partial charge >= 0.3 is 0 Å². The van der Waals surface area contributed by atoms with Crippen LogP contribution in [0.1, 0.15) is 23.7 Å². The predicted molar refractivity (Wildman–Crippen MR) is 68.7 cm³/mol. The Bertz CT molecular complexity index is 314. The average Bonchev–Trinajstić information content (AvgIpc) is 2.36. The molecule has 0 spiro atoms. The Balaban J connectivity index is 2.58. The van der Waals surface area contributed by atoms with E-state index in [0.717, 1.165) is 17.7 Å². The van der Waals surface area contributed by atoms with E-state index < -0.39 is 12.2 Å². The molecule has 0 saturated carbocycles. The highest BCUT2D eigenvalue weighted by Gasteiger charge is 2.17. The molecule has 0 saturated heterocycles. The van der Waals surface area contributed by atoms with E-state index in [-0.39, 0.29) is 0 Å². The van der Waals surface area contributed by atoms with Gasteiger partial charge in [0.2, 0.25) is 0 Å². The number of rotatable bonds is 7. The van der Waals surface area contributed by atoms with Crippen LogP contribution in [0, 0.1) is 0 Å². The fourth-order valence-corrected chi connectivity index (χ4v) is 1.71. The van der Waals surface area contributed by atoms with Crippen LogP contribution in [-0.2, 0) is 6.54 Å². The van der Waals surface area contributed by atoms with Gasteiger partial charge < -0.3 is 20.8 Å². The van der Waals surface area contributed by atoms with Gasteiger partial charge in [-0.05, 0) is 38.2 Å². The second kappa shape index (κ2) is 7.40. The smallest absolute Gasteiger partial charge is 0.105 e. The highest BCUT2D eigenvalue weighted by Crippen LogP contribution is 2.19. The van der Waals surface area contributed by atoms with Gasteiger partial charge in [-0.2, -0.15) is 0 Å². The molecule has 1 aromatic carbocycles. The van der Waals surface area contributed by atoms with Crippen LogP contribution in [0.15, 0.2) is 24.3 Å². The first-order valence-corrected chi connectivity index (χ1v) is 5.93. The Morgan fingerprint density at radius 2 is 1.71 bits per heavy atom. The third-order valence-electron chi connectivity index (χ3n) is 2.76. The summed E-state index contributed by atoms with van der Waals surface area (Å²) < 4.78 is 0. The quantitative estimate of drug-likeness (QED) is 0.555. The minimum atomic E-state index is -0.813. The summed E-state index contributed by atoms with van der Waals surface area (Å²) in [5, 5.41) is 25.7. The predicted octanol–water partition coefficient (Wildman–Crippen LogP) is 0.410. The van der Waals surface area contributed by atoms with Crippen molar-refractivity contribution < 1.29 is 10.2 Å². The third kappa shape index (κ3) is 4.44. The van der Waals surface area contributed by atoms with Crippen LogP contribution in [-0.4, -0.2) is 37.0 Å². The SMILES string of the molecule is CNCCC(O)C(O)c1ccc(CNC)cc1. The van der Waals surface area contributed by atoms with Gasteiger partial charge in [0.25, 0.3) is 0 Å². The van der Waals surface area contributed by atoms with Gasteiger partial charge in [-0.15, -0.1) is 0 Å². The normalized spacial score (nSPS) is 14.6. The number of hydrogen-bond donors (Lipinski definition) is 4. The Labute approximate surface area is 103 Å². The van der Waals surface area contributed by atoms with Crippen molar-refractivity contribution in [2.45, 2.75) is 25.2 Å². The lowest BCUT2D eigenvalue weighted by molar-refractivity contribution is 0.0140. The van der Waals surface area contributed by atoms with Crippen LogP contribution >= 0.6 is 0 Å². The second-order valence-electron chi connectivity index (χ2n) is 4.18. The van der Waals surface area contributed by atoms with Crippen molar-refractivity contribution in [3.8, 4) is 0 Å². The molecule has 0 fully saturated rings. The van der Waals surface area contributed by atoms with E-state index in [4.69, 9.17) is 0 Å². The highest BCUT2D eigenvalue weighted by atomic mass is 16.3. The number of benzene rings is 1. The minimum absolute atomic E-state index is 0.538. The molecule has 1 rings (SSSR count). The van der Waals surface area contributed by atoms with Crippen molar-refractivity contribution >= 4 is 0 Å². The fraction of sp³-hybridized carbons (Fsp3) is 0.538. The first-order valence-electron chi connectivity index (χ1n) is 5.93. The standard InChI is InChI=1S/C13H22N2O2/c1-14-8-7-12(16)13(17)11-5-3-10(4-6-11)9-15-2/h3-6,12-17H,7-9H2,1-2H3. The number of aliphatic hydroxyl groups excluding tert-OH is 2. The molecule has 0 aliphatic carbocycles. The van der Waals surface area contributed by atoms with E-state index in [9.17, 15) is 10.2 Å². The number of hydrogen-bond acceptors (Lipinski definition) is 4. The summed E-state index contributed by atoms with van der Waals surface area (Å²) in [6.07, 6.45) is -1.000. The summed E-state index contributed by atoms with van der Waals surface area (Å²) >= 11 is 0. The molecule has 0 aliphatic rings. The average molecular weight is 238 g/mol. The molecule has 17 heavy (non-hydrogen) atoms. The maximum absolute atomic E-state index is 9.94. The molecule has 96 valence electrons. The van der Waals surface area contributed by atoms with E-state index in [2.05, 4.69) is 10.6 Å². The van der Waals surface area contributed by atoms with Crippen molar-refractivity contribution in [2.24, 2.45) is 0 Å². The monoisotopic (exact) mass is 238 g/mol. The third-order valence-corrected chi connectivity index (χ3v) is 2.76. The van der Waals surface area contributed by atoms with Gasteiger partial charge in [0.05, 0.1) is 6.10 Å². The van der Waals surface area contributed by atoms with E-state index in [0.29, 0.717) is 13.0 Å².